The highest BCUT2D eigenvalue weighted by Crippen LogP contribution is 2.20. The zero-order valence-electron chi connectivity index (χ0n) is 7.77. The van der Waals surface area contributed by atoms with Crippen LogP contribution in [-0.2, 0) is 0 Å². The van der Waals surface area contributed by atoms with E-state index in [9.17, 15) is 0 Å². The van der Waals surface area contributed by atoms with Gasteiger partial charge in [0.25, 0.3) is 6.04 Å². The number of hydrogen-bond donors (Lipinski definition) is 0. The van der Waals surface area contributed by atoms with Crippen molar-refractivity contribution in [1.82, 2.24) is 0 Å². The van der Waals surface area contributed by atoms with Gasteiger partial charge in [0.2, 0.25) is 0 Å². The summed E-state index contributed by atoms with van der Waals surface area (Å²) in [7, 11) is 0. The van der Waals surface area contributed by atoms with Crippen LogP contribution >= 0.6 is 0 Å². The summed E-state index contributed by atoms with van der Waals surface area (Å²) in [5.41, 5.74) is 1.11. The zero-order valence-corrected chi connectivity index (χ0v) is 7.77. The Morgan fingerprint density at radius 2 is 2.08 bits per heavy atom. The minimum absolute atomic E-state index is 0.0163. The molecule has 1 aromatic rings. The standard InChI is InChI=1S/C12H13N/c1-3-4-10-12(13-2)11-8-6-5-7-9-11/h3-9,12H,10H2,1H3/b4-3+. The van der Waals surface area contributed by atoms with E-state index in [0.717, 1.165) is 12.0 Å². The minimum Gasteiger partial charge on any atom is -0.308 e. The van der Waals surface area contributed by atoms with Crippen molar-refractivity contribution in [2.24, 2.45) is 0 Å². The summed E-state index contributed by atoms with van der Waals surface area (Å²) >= 11 is 0. The van der Waals surface area contributed by atoms with Crippen molar-refractivity contribution in [2.45, 2.75) is 19.4 Å². The predicted octanol–water partition coefficient (Wildman–Crippen LogP) is 3.61. The molecule has 0 radical (unpaired) electrons. The first-order valence-corrected chi connectivity index (χ1v) is 4.41. The average Bonchev–Trinajstić information content (AvgIpc) is 2.21. The van der Waals surface area contributed by atoms with Crippen LogP contribution in [0.15, 0.2) is 42.5 Å². The normalized spacial score (nSPS) is 12.6. The molecule has 0 spiro atoms. The van der Waals surface area contributed by atoms with Gasteiger partial charge in [-0.15, -0.1) is 0 Å². The Kier molecular flexibility index (Phi) is 3.78. The second-order valence-corrected chi connectivity index (χ2v) is 2.86. The highest BCUT2D eigenvalue weighted by atomic mass is 14.7. The monoisotopic (exact) mass is 171 g/mol. The fourth-order valence-electron chi connectivity index (χ4n) is 1.20. The third-order valence-corrected chi connectivity index (χ3v) is 1.94. The van der Waals surface area contributed by atoms with E-state index in [2.05, 4.69) is 4.85 Å². The van der Waals surface area contributed by atoms with E-state index in [1.165, 1.54) is 0 Å². The fourth-order valence-corrected chi connectivity index (χ4v) is 1.20. The summed E-state index contributed by atoms with van der Waals surface area (Å²) in [6.45, 7) is 9.05. The summed E-state index contributed by atoms with van der Waals surface area (Å²) < 4.78 is 0. The van der Waals surface area contributed by atoms with E-state index in [4.69, 9.17) is 6.57 Å². The summed E-state index contributed by atoms with van der Waals surface area (Å²) in [5, 5.41) is 0. The zero-order chi connectivity index (χ0) is 9.52. The Balaban J connectivity index is 2.74. The van der Waals surface area contributed by atoms with Gasteiger partial charge >= 0.3 is 0 Å². The van der Waals surface area contributed by atoms with Gasteiger partial charge in [-0.3, -0.25) is 0 Å². The van der Waals surface area contributed by atoms with Crippen molar-refractivity contribution < 1.29 is 0 Å². The van der Waals surface area contributed by atoms with Crippen LogP contribution in [0.4, 0.5) is 0 Å². The van der Waals surface area contributed by atoms with Crippen LogP contribution in [0.3, 0.4) is 0 Å². The molecule has 0 amide bonds. The molecule has 0 aliphatic carbocycles. The van der Waals surface area contributed by atoms with Gasteiger partial charge in [-0.1, -0.05) is 42.5 Å². The van der Waals surface area contributed by atoms with E-state index in [-0.39, 0.29) is 6.04 Å². The van der Waals surface area contributed by atoms with Crippen molar-refractivity contribution >= 4 is 0 Å². The molecule has 66 valence electrons. The molecule has 0 fully saturated rings. The SMILES string of the molecule is [C-]#[N+]C(C/C=C/C)c1ccccc1. The van der Waals surface area contributed by atoms with Gasteiger partial charge in [-0.05, 0) is 6.92 Å². The van der Waals surface area contributed by atoms with Crippen molar-refractivity contribution in [2.75, 3.05) is 0 Å². The molecule has 0 saturated carbocycles. The largest absolute Gasteiger partial charge is 0.308 e. The highest BCUT2D eigenvalue weighted by Gasteiger charge is 2.11. The first-order chi connectivity index (χ1) is 6.38. The van der Waals surface area contributed by atoms with E-state index < -0.39 is 0 Å². The number of benzene rings is 1. The lowest BCUT2D eigenvalue weighted by molar-refractivity contribution is 0.857. The van der Waals surface area contributed by atoms with E-state index in [1.54, 1.807) is 0 Å². The summed E-state index contributed by atoms with van der Waals surface area (Å²) in [5.74, 6) is 0. The molecule has 1 heteroatoms. The minimum atomic E-state index is -0.0163. The maximum atomic E-state index is 7.07. The van der Waals surface area contributed by atoms with Gasteiger partial charge in [0.15, 0.2) is 0 Å². The molecule has 13 heavy (non-hydrogen) atoms. The molecule has 0 saturated heterocycles. The van der Waals surface area contributed by atoms with Gasteiger partial charge in [-0.2, -0.15) is 0 Å². The fraction of sp³-hybridized carbons (Fsp3) is 0.250. The summed E-state index contributed by atoms with van der Waals surface area (Å²) in [6, 6.07) is 9.92. The molecule has 1 nitrogen and oxygen atoms in total. The van der Waals surface area contributed by atoms with Crippen molar-refractivity contribution in [3.05, 3.63) is 59.5 Å². The second-order valence-electron chi connectivity index (χ2n) is 2.86. The van der Waals surface area contributed by atoms with Gasteiger partial charge < -0.3 is 4.85 Å². The van der Waals surface area contributed by atoms with E-state index >= 15 is 0 Å². The Morgan fingerprint density at radius 3 is 2.62 bits per heavy atom. The van der Waals surface area contributed by atoms with Crippen LogP contribution in [0, 0.1) is 6.57 Å². The lowest BCUT2D eigenvalue weighted by Gasteiger charge is -2.01. The summed E-state index contributed by atoms with van der Waals surface area (Å²) in [6.07, 6.45) is 4.83. The van der Waals surface area contributed by atoms with Gasteiger partial charge in [-0.25, -0.2) is 6.57 Å². The highest BCUT2D eigenvalue weighted by molar-refractivity contribution is 5.22. The molecule has 1 atom stereocenters. The smallest absolute Gasteiger partial charge is 0.252 e. The van der Waals surface area contributed by atoms with Crippen LogP contribution in [0.25, 0.3) is 4.85 Å². The van der Waals surface area contributed by atoms with Crippen LogP contribution < -0.4 is 0 Å². The molecule has 1 rings (SSSR count). The molecule has 0 N–H and O–H groups in total. The van der Waals surface area contributed by atoms with Crippen LogP contribution in [0.2, 0.25) is 0 Å². The maximum absolute atomic E-state index is 7.07. The van der Waals surface area contributed by atoms with Crippen LogP contribution in [0.1, 0.15) is 24.9 Å². The Bertz CT molecular complexity index is 306. The number of nitrogens with zero attached hydrogens (tertiary/aromatic N) is 1. The number of rotatable bonds is 3. The third kappa shape index (κ3) is 2.76. The average molecular weight is 171 g/mol. The molecule has 1 unspecified atom stereocenters. The predicted molar refractivity (Wildman–Crippen MR) is 55.2 cm³/mol. The Morgan fingerprint density at radius 1 is 1.38 bits per heavy atom. The van der Waals surface area contributed by atoms with Gasteiger partial charge in [0, 0.05) is 12.0 Å². The van der Waals surface area contributed by atoms with Crippen molar-refractivity contribution in [3.63, 3.8) is 0 Å². The van der Waals surface area contributed by atoms with Gasteiger partial charge in [0.1, 0.15) is 0 Å². The molecule has 0 aromatic heterocycles. The van der Waals surface area contributed by atoms with Gasteiger partial charge in [0.05, 0.1) is 0 Å². The lowest BCUT2D eigenvalue weighted by Crippen LogP contribution is -1.90. The maximum Gasteiger partial charge on any atom is 0.252 e. The van der Waals surface area contributed by atoms with E-state index in [0.29, 0.717) is 0 Å². The summed E-state index contributed by atoms with van der Waals surface area (Å²) in [4.78, 5) is 3.59. The van der Waals surface area contributed by atoms with E-state index in [1.807, 2.05) is 49.4 Å². The quantitative estimate of drug-likeness (QED) is 0.483. The van der Waals surface area contributed by atoms with Crippen LogP contribution in [-0.4, -0.2) is 0 Å². The number of hydrogen-bond acceptors (Lipinski definition) is 0. The topological polar surface area (TPSA) is 4.36 Å². The molecular weight excluding hydrogens is 158 g/mol. The Hall–Kier alpha value is -1.55. The lowest BCUT2D eigenvalue weighted by atomic mass is 10.0. The number of allylic oxidation sites excluding steroid dienone is 1. The van der Waals surface area contributed by atoms with Crippen LogP contribution in [0.5, 0.6) is 0 Å². The van der Waals surface area contributed by atoms with Crippen molar-refractivity contribution in [1.29, 1.82) is 0 Å². The molecule has 0 aliphatic heterocycles. The molecule has 0 aliphatic rings. The molecule has 1 aromatic carbocycles. The molecule has 0 heterocycles. The Labute approximate surface area is 79.5 Å². The molecule has 0 bridgehead atoms. The first kappa shape index (κ1) is 9.54. The van der Waals surface area contributed by atoms with Crippen molar-refractivity contribution in [3.8, 4) is 0 Å². The molecular formula is C12H13N. The third-order valence-electron chi connectivity index (χ3n) is 1.94. The first-order valence-electron chi connectivity index (χ1n) is 4.41. The second kappa shape index (κ2) is 5.16.